The molecule has 1 aromatic rings. The van der Waals surface area contributed by atoms with Gasteiger partial charge in [0.25, 0.3) is 0 Å². The molecule has 1 saturated heterocycles. The first-order valence-corrected chi connectivity index (χ1v) is 7.70. The Morgan fingerprint density at radius 3 is 2.90 bits per heavy atom. The van der Waals surface area contributed by atoms with Crippen molar-refractivity contribution in [3.8, 4) is 0 Å². The number of hydrogen-bond donors (Lipinski definition) is 0. The molecule has 0 bridgehead atoms. The minimum absolute atomic E-state index is 0.485. The lowest BCUT2D eigenvalue weighted by Crippen LogP contribution is -2.30. The minimum atomic E-state index is 0.485. The summed E-state index contributed by atoms with van der Waals surface area (Å²) in [6.07, 6.45) is 5.11. The van der Waals surface area contributed by atoms with Crippen LogP contribution in [0.3, 0.4) is 0 Å². The topological polar surface area (TPSA) is 38.2 Å². The Balaban J connectivity index is 2.12. The maximum atomic E-state index is 5.16. The van der Waals surface area contributed by atoms with E-state index in [0.717, 1.165) is 29.8 Å². The Hall–Kier alpha value is -1.16. The molecule has 1 aliphatic rings. The van der Waals surface area contributed by atoms with Crippen LogP contribution in [0.15, 0.2) is 6.07 Å². The minimum Gasteiger partial charge on any atom is -0.377 e. The molecule has 20 heavy (non-hydrogen) atoms. The second-order valence-electron chi connectivity index (χ2n) is 6.18. The summed E-state index contributed by atoms with van der Waals surface area (Å²) < 4.78 is 5.16. The van der Waals surface area contributed by atoms with Crippen molar-refractivity contribution in [1.82, 2.24) is 9.97 Å². The summed E-state index contributed by atoms with van der Waals surface area (Å²) >= 11 is 0. The van der Waals surface area contributed by atoms with Crippen molar-refractivity contribution in [2.75, 3.05) is 18.6 Å². The van der Waals surface area contributed by atoms with Crippen LogP contribution < -0.4 is 4.90 Å². The van der Waals surface area contributed by atoms with Crippen LogP contribution in [0.25, 0.3) is 0 Å². The van der Waals surface area contributed by atoms with E-state index in [1.165, 1.54) is 25.7 Å². The van der Waals surface area contributed by atoms with E-state index in [-0.39, 0.29) is 0 Å². The standard InChI is InChI=1S/C16H27N3O/c1-12(2)7-8-14-6-5-9-19(14)16-10-13(3)17-15(18-16)11-20-4/h10,12,14H,5-9,11H2,1-4H3. The van der Waals surface area contributed by atoms with E-state index in [0.29, 0.717) is 12.6 Å². The van der Waals surface area contributed by atoms with Gasteiger partial charge in [0.15, 0.2) is 5.82 Å². The largest absolute Gasteiger partial charge is 0.377 e. The molecule has 0 aromatic carbocycles. The van der Waals surface area contributed by atoms with Crippen LogP contribution >= 0.6 is 0 Å². The highest BCUT2D eigenvalue weighted by Crippen LogP contribution is 2.28. The summed E-state index contributed by atoms with van der Waals surface area (Å²) in [6, 6.07) is 2.74. The van der Waals surface area contributed by atoms with Gasteiger partial charge in [-0.2, -0.15) is 0 Å². The molecule has 0 amide bonds. The second kappa shape index (κ2) is 7.02. The number of aromatic nitrogens is 2. The number of ether oxygens (including phenoxy) is 1. The zero-order chi connectivity index (χ0) is 14.5. The van der Waals surface area contributed by atoms with E-state index < -0.39 is 0 Å². The molecule has 1 fully saturated rings. The average molecular weight is 277 g/mol. The van der Waals surface area contributed by atoms with Crippen LogP contribution in [0.2, 0.25) is 0 Å². The molecule has 112 valence electrons. The Morgan fingerprint density at radius 1 is 1.40 bits per heavy atom. The normalized spacial score (nSPS) is 19.1. The van der Waals surface area contributed by atoms with Crippen LogP contribution in [0.4, 0.5) is 5.82 Å². The van der Waals surface area contributed by atoms with Gasteiger partial charge in [-0.05, 0) is 38.5 Å². The highest BCUT2D eigenvalue weighted by Gasteiger charge is 2.26. The number of aryl methyl sites for hydroxylation is 1. The van der Waals surface area contributed by atoms with Crippen LogP contribution in [-0.2, 0) is 11.3 Å². The van der Waals surface area contributed by atoms with Gasteiger partial charge in [-0.1, -0.05) is 13.8 Å². The first-order valence-electron chi connectivity index (χ1n) is 7.70. The lowest BCUT2D eigenvalue weighted by atomic mass is 10.0. The van der Waals surface area contributed by atoms with E-state index in [1.807, 2.05) is 6.92 Å². The van der Waals surface area contributed by atoms with Gasteiger partial charge in [0.2, 0.25) is 0 Å². The van der Waals surface area contributed by atoms with Crippen molar-refractivity contribution in [2.45, 2.75) is 59.1 Å². The van der Waals surface area contributed by atoms with E-state index in [9.17, 15) is 0 Å². The Morgan fingerprint density at radius 2 is 2.20 bits per heavy atom. The fraction of sp³-hybridized carbons (Fsp3) is 0.750. The monoisotopic (exact) mass is 277 g/mol. The molecule has 1 atom stereocenters. The second-order valence-corrected chi connectivity index (χ2v) is 6.18. The molecule has 0 radical (unpaired) electrons. The smallest absolute Gasteiger partial charge is 0.156 e. The quantitative estimate of drug-likeness (QED) is 0.799. The van der Waals surface area contributed by atoms with Gasteiger partial charge < -0.3 is 9.64 Å². The Bertz CT molecular complexity index is 434. The van der Waals surface area contributed by atoms with Crippen molar-refractivity contribution < 1.29 is 4.74 Å². The van der Waals surface area contributed by atoms with Crippen molar-refractivity contribution in [2.24, 2.45) is 5.92 Å². The van der Waals surface area contributed by atoms with E-state index in [1.54, 1.807) is 7.11 Å². The number of rotatable bonds is 6. The van der Waals surface area contributed by atoms with Crippen LogP contribution in [0.1, 0.15) is 51.0 Å². The molecule has 4 nitrogen and oxygen atoms in total. The fourth-order valence-corrected chi connectivity index (χ4v) is 2.92. The highest BCUT2D eigenvalue weighted by molar-refractivity contribution is 5.42. The van der Waals surface area contributed by atoms with Crippen molar-refractivity contribution in [3.63, 3.8) is 0 Å². The average Bonchev–Trinajstić information content (AvgIpc) is 2.84. The summed E-state index contributed by atoms with van der Waals surface area (Å²) in [7, 11) is 1.69. The van der Waals surface area contributed by atoms with Gasteiger partial charge in [-0.25, -0.2) is 9.97 Å². The molecule has 0 saturated carbocycles. The number of hydrogen-bond acceptors (Lipinski definition) is 4. The Kier molecular flexibility index (Phi) is 5.35. The zero-order valence-corrected chi connectivity index (χ0v) is 13.2. The van der Waals surface area contributed by atoms with Crippen LogP contribution in [0, 0.1) is 12.8 Å². The predicted octanol–water partition coefficient (Wildman–Crippen LogP) is 3.34. The maximum Gasteiger partial charge on any atom is 0.156 e. The van der Waals surface area contributed by atoms with Gasteiger partial charge in [-0.15, -0.1) is 0 Å². The predicted molar refractivity (Wildman–Crippen MR) is 81.9 cm³/mol. The molecule has 0 aliphatic carbocycles. The molecular formula is C16H27N3O. The van der Waals surface area contributed by atoms with Gasteiger partial charge in [0.1, 0.15) is 12.4 Å². The van der Waals surface area contributed by atoms with Crippen molar-refractivity contribution >= 4 is 5.82 Å². The molecule has 0 spiro atoms. The molecule has 0 N–H and O–H groups in total. The molecule has 1 aromatic heterocycles. The number of anilines is 1. The summed E-state index contributed by atoms with van der Waals surface area (Å²) in [6.45, 7) is 8.23. The summed E-state index contributed by atoms with van der Waals surface area (Å²) in [5, 5.41) is 0. The highest BCUT2D eigenvalue weighted by atomic mass is 16.5. The number of nitrogens with zero attached hydrogens (tertiary/aromatic N) is 3. The Labute approximate surface area is 122 Å². The van der Waals surface area contributed by atoms with Crippen LogP contribution in [-0.4, -0.2) is 29.7 Å². The summed E-state index contributed by atoms with van der Waals surface area (Å²) in [5.74, 6) is 2.64. The summed E-state index contributed by atoms with van der Waals surface area (Å²) in [4.78, 5) is 11.6. The molecule has 4 heteroatoms. The van der Waals surface area contributed by atoms with E-state index in [4.69, 9.17) is 4.74 Å². The van der Waals surface area contributed by atoms with E-state index in [2.05, 4.69) is 34.8 Å². The molecule has 2 rings (SSSR count). The SMILES string of the molecule is COCc1nc(C)cc(N2CCCC2CCC(C)C)n1. The molecule has 1 unspecified atom stereocenters. The lowest BCUT2D eigenvalue weighted by molar-refractivity contribution is 0.177. The van der Waals surface area contributed by atoms with E-state index >= 15 is 0 Å². The molecular weight excluding hydrogens is 250 g/mol. The zero-order valence-electron chi connectivity index (χ0n) is 13.2. The van der Waals surface area contributed by atoms with Gasteiger partial charge >= 0.3 is 0 Å². The third-order valence-electron chi connectivity index (χ3n) is 3.91. The molecule has 2 heterocycles. The first kappa shape index (κ1) is 15.2. The van der Waals surface area contributed by atoms with Gasteiger partial charge in [-0.3, -0.25) is 0 Å². The van der Waals surface area contributed by atoms with Crippen molar-refractivity contribution in [1.29, 1.82) is 0 Å². The maximum absolute atomic E-state index is 5.16. The first-order chi connectivity index (χ1) is 9.60. The van der Waals surface area contributed by atoms with Gasteiger partial charge in [0, 0.05) is 31.5 Å². The number of methoxy groups -OCH3 is 1. The third-order valence-corrected chi connectivity index (χ3v) is 3.91. The van der Waals surface area contributed by atoms with Crippen LogP contribution in [0.5, 0.6) is 0 Å². The van der Waals surface area contributed by atoms with Crippen molar-refractivity contribution in [3.05, 3.63) is 17.6 Å². The molecule has 1 aliphatic heterocycles. The summed E-state index contributed by atoms with van der Waals surface area (Å²) in [5.41, 5.74) is 1.02. The fourth-order valence-electron chi connectivity index (χ4n) is 2.92. The third kappa shape index (κ3) is 3.92. The lowest BCUT2D eigenvalue weighted by Gasteiger charge is -2.27. The van der Waals surface area contributed by atoms with Gasteiger partial charge in [0.05, 0.1) is 0 Å².